The Morgan fingerprint density at radius 1 is 0.613 bits per heavy atom. The average molecular weight is 426 g/mol. The molecule has 3 aromatic carbocycles. The summed E-state index contributed by atoms with van der Waals surface area (Å²) in [5.41, 5.74) is 4.26. The fourth-order valence-electron chi connectivity index (χ4n) is 2.99. The molecule has 0 saturated carbocycles. The molecule has 1 heterocycles. The highest BCUT2D eigenvalue weighted by Gasteiger charge is 2.23. The minimum Gasteiger partial charge on any atom is -0.497 e. The summed E-state index contributed by atoms with van der Waals surface area (Å²) in [5, 5.41) is 0. The van der Waals surface area contributed by atoms with Crippen molar-refractivity contribution in [3.8, 4) is 39.5 Å². The van der Waals surface area contributed by atoms with Crippen LogP contribution in [0, 0.1) is 0 Å². The summed E-state index contributed by atoms with van der Waals surface area (Å²) in [5.74, 6) is 2.55. The summed E-state index contributed by atoms with van der Waals surface area (Å²) in [4.78, 5) is 0. The van der Waals surface area contributed by atoms with E-state index in [4.69, 9.17) is 9.15 Å². The van der Waals surface area contributed by atoms with E-state index in [0.29, 0.717) is 0 Å². The van der Waals surface area contributed by atoms with Crippen molar-refractivity contribution in [3.63, 3.8) is 0 Å². The van der Waals surface area contributed by atoms with Gasteiger partial charge in [-0.05, 0) is 48.0 Å². The van der Waals surface area contributed by atoms with E-state index < -0.39 is 7.25 Å². The van der Waals surface area contributed by atoms with Crippen molar-refractivity contribution in [2.24, 2.45) is 0 Å². The highest BCUT2D eigenvalue weighted by Crippen LogP contribution is 2.36. The van der Waals surface area contributed by atoms with Gasteiger partial charge in [-0.3, -0.25) is 0 Å². The SMILES string of the molecule is COc1ccc(-c2ccc(-c3ccccc3)[o+]c2-c2ccccc2)cc1.F[B-](F)(F)F. The maximum Gasteiger partial charge on any atom is 0.673 e. The zero-order valence-corrected chi connectivity index (χ0v) is 16.6. The summed E-state index contributed by atoms with van der Waals surface area (Å²) < 4.78 is 50.6. The van der Waals surface area contributed by atoms with Crippen molar-refractivity contribution in [2.45, 2.75) is 0 Å². The van der Waals surface area contributed by atoms with Crippen LogP contribution in [-0.4, -0.2) is 14.4 Å². The molecule has 2 nitrogen and oxygen atoms in total. The molecule has 0 atom stereocenters. The Balaban J connectivity index is 0.000000491. The fraction of sp³-hybridized carbons (Fsp3) is 0.0417. The quantitative estimate of drug-likeness (QED) is 0.188. The Labute approximate surface area is 177 Å². The van der Waals surface area contributed by atoms with Crippen LogP contribution in [0.5, 0.6) is 5.75 Å². The van der Waals surface area contributed by atoms with Crippen molar-refractivity contribution in [3.05, 3.63) is 97.1 Å². The number of halogens is 4. The van der Waals surface area contributed by atoms with Crippen molar-refractivity contribution >= 4 is 7.25 Å². The molecule has 1 aromatic heterocycles. The van der Waals surface area contributed by atoms with Crippen LogP contribution >= 0.6 is 0 Å². The molecule has 0 N–H and O–H groups in total. The largest absolute Gasteiger partial charge is 0.673 e. The third-order valence-corrected chi connectivity index (χ3v) is 4.35. The van der Waals surface area contributed by atoms with E-state index in [1.807, 2.05) is 54.6 Å². The smallest absolute Gasteiger partial charge is 0.497 e. The van der Waals surface area contributed by atoms with Crippen LogP contribution in [0.25, 0.3) is 33.8 Å². The number of hydrogen-bond acceptors (Lipinski definition) is 1. The molecule has 0 aliphatic rings. The molecule has 0 aliphatic carbocycles. The molecule has 0 aliphatic heterocycles. The number of benzene rings is 3. The van der Waals surface area contributed by atoms with Gasteiger partial charge < -0.3 is 22.0 Å². The molecule has 31 heavy (non-hydrogen) atoms. The van der Waals surface area contributed by atoms with Gasteiger partial charge in [0.05, 0.1) is 23.8 Å². The first kappa shape index (κ1) is 22.1. The van der Waals surface area contributed by atoms with Crippen LogP contribution < -0.4 is 4.74 Å². The van der Waals surface area contributed by atoms with E-state index in [2.05, 4.69) is 42.5 Å². The first-order valence-electron chi connectivity index (χ1n) is 9.45. The van der Waals surface area contributed by atoms with Gasteiger partial charge in [0, 0.05) is 6.07 Å². The zero-order chi connectivity index (χ0) is 22.3. The lowest BCUT2D eigenvalue weighted by atomic mass is 9.99. The standard InChI is InChI=1S/C24H19O2.BF4/c1-25-21-14-12-18(13-15-21)22-16-17-23(19-8-4-2-5-9-19)26-24(22)20-10-6-3-7-11-20;2-1(3,4)5/h2-17H,1H3;/q+1;-1. The highest BCUT2D eigenvalue weighted by atomic mass is 19.5. The maximum atomic E-state index is 9.75. The number of rotatable bonds is 4. The normalized spacial score (nSPS) is 10.7. The van der Waals surface area contributed by atoms with Gasteiger partial charge >= 0.3 is 18.8 Å². The predicted octanol–water partition coefficient (Wildman–Crippen LogP) is 7.87. The van der Waals surface area contributed by atoms with Gasteiger partial charge in [-0.15, -0.1) is 0 Å². The molecule has 0 amide bonds. The topological polar surface area (TPSA) is 20.5 Å². The number of ether oxygens (including phenoxy) is 1. The minimum atomic E-state index is -6.00. The molecule has 0 radical (unpaired) electrons. The molecular weight excluding hydrogens is 407 g/mol. The lowest BCUT2D eigenvalue weighted by Crippen LogP contribution is -2.02. The second-order valence-electron chi connectivity index (χ2n) is 6.50. The fourth-order valence-corrected chi connectivity index (χ4v) is 2.99. The third-order valence-electron chi connectivity index (χ3n) is 4.35. The monoisotopic (exact) mass is 426 g/mol. The van der Waals surface area contributed by atoms with E-state index in [-0.39, 0.29) is 0 Å². The molecule has 0 bridgehead atoms. The number of methoxy groups -OCH3 is 1. The van der Waals surface area contributed by atoms with Crippen LogP contribution in [-0.2, 0) is 0 Å². The van der Waals surface area contributed by atoms with Gasteiger partial charge in [0.25, 0.3) is 0 Å². The van der Waals surface area contributed by atoms with E-state index >= 15 is 0 Å². The van der Waals surface area contributed by atoms with Crippen LogP contribution in [0.3, 0.4) is 0 Å². The van der Waals surface area contributed by atoms with Crippen molar-refractivity contribution in [2.75, 3.05) is 7.11 Å². The molecule has 158 valence electrons. The summed E-state index contributed by atoms with van der Waals surface area (Å²) in [6, 6.07) is 32.6. The summed E-state index contributed by atoms with van der Waals surface area (Å²) in [6.45, 7) is 0. The van der Waals surface area contributed by atoms with Crippen LogP contribution in [0.4, 0.5) is 17.3 Å². The first-order chi connectivity index (χ1) is 14.8. The van der Waals surface area contributed by atoms with Crippen LogP contribution in [0.15, 0.2) is 101 Å². The lowest BCUT2D eigenvalue weighted by Gasteiger charge is -2.04. The van der Waals surface area contributed by atoms with Gasteiger partial charge in [-0.1, -0.05) is 48.5 Å². The molecule has 7 heteroatoms. The third kappa shape index (κ3) is 6.44. The van der Waals surface area contributed by atoms with Gasteiger partial charge in [0.1, 0.15) is 5.75 Å². The van der Waals surface area contributed by atoms with E-state index in [1.54, 1.807) is 7.11 Å². The Hall–Kier alpha value is -3.61. The maximum absolute atomic E-state index is 9.75. The summed E-state index contributed by atoms with van der Waals surface area (Å²) in [6.07, 6.45) is 0. The second-order valence-corrected chi connectivity index (χ2v) is 6.50. The lowest BCUT2D eigenvalue weighted by molar-refractivity contribution is 0.368. The average Bonchev–Trinajstić information content (AvgIpc) is 2.79. The molecule has 0 saturated heterocycles. The summed E-state index contributed by atoms with van der Waals surface area (Å²) in [7, 11) is -4.33. The number of hydrogen-bond donors (Lipinski definition) is 0. The Kier molecular flexibility index (Phi) is 7.08. The van der Waals surface area contributed by atoms with E-state index in [1.165, 1.54) is 0 Å². The Morgan fingerprint density at radius 3 is 1.65 bits per heavy atom. The Morgan fingerprint density at radius 2 is 1.13 bits per heavy atom. The van der Waals surface area contributed by atoms with Gasteiger partial charge in [-0.25, -0.2) is 4.42 Å². The molecule has 4 aromatic rings. The van der Waals surface area contributed by atoms with E-state index in [9.17, 15) is 17.3 Å². The van der Waals surface area contributed by atoms with Gasteiger partial charge in [0.15, 0.2) is 0 Å². The van der Waals surface area contributed by atoms with Crippen molar-refractivity contribution < 1.29 is 26.4 Å². The van der Waals surface area contributed by atoms with Crippen molar-refractivity contribution in [1.82, 2.24) is 0 Å². The van der Waals surface area contributed by atoms with Crippen LogP contribution in [0.1, 0.15) is 0 Å². The highest BCUT2D eigenvalue weighted by molar-refractivity contribution is 6.50. The first-order valence-corrected chi connectivity index (χ1v) is 9.45. The molecule has 4 rings (SSSR count). The predicted molar refractivity (Wildman–Crippen MR) is 116 cm³/mol. The molecule has 0 spiro atoms. The van der Waals surface area contributed by atoms with Gasteiger partial charge in [0.2, 0.25) is 0 Å². The van der Waals surface area contributed by atoms with Gasteiger partial charge in [-0.2, -0.15) is 0 Å². The molecule has 0 fully saturated rings. The molecule has 0 unspecified atom stereocenters. The second kappa shape index (κ2) is 9.93. The van der Waals surface area contributed by atoms with Crippen LogP contribution in [0.2, 0.25) is 0 Å². The van der Waals surface area contributed by atoms with Crippen molar-refractivity contribution in [1.29, 1.82) is 0 Å². The minimum absolute atomic E-state index is 0.841. The van der Waals surface area contributed by atoms with E-state index in [0.717, 1.165) is 39.5 Å². The summed E-state index contributed by atoms with van der Waals surface area (Å²) >= 11 is 0. The molecular formula is C24H19BF4O2. The zero-order valence-electron chi connectivity index (χ0n) is 16.6. The Bertz CT molecular complexity index is 1090.